The Balaban J connectivity index is 1.91. The number of nitrogens with one attached hydrogen (secondary N) is 1. The summed E-state index contributed by atoms with van der Waals surface area (Å²) in [7, 11) is 0. The van der Waals surface area contributed by atoms with Crippen molar-refractivity contribution in [1.82, 2.24) is 14.1 Å². The summed E-state index contributed by atoms with van der Waals surface area (Å²) in [5.74, 6) is 0. The molecule has 0 aliphatic rings. The Hall–Kier alpha value is -0.780. The van der Waals surface area contributed by atoms with E-state index in [0.717, 1.165) is 31.5 Å². The molecule has 0 bridgehead atoms. The third kappa shape index (κ3) is 3.87. The number of aromatic nitrogens is 2. The van der Waals surface area contributed by atoms with Gasteiger partial charge in [0, 0.05) is 0 Å². The van der Waals surface area contributed by atoms with E-state index in [-0.39, 0.29) is 0 Å². The number of hydrogen-bond donors (Lipinski definition) is 1. The predicted molar refractivity (Wildman–Crippen MR) is 73.6 cm³/mol. The molecular formula is C12H17N3S2. The molecule has 3 nitrogen and oxygen atoms in total. The maximum atomic E-state index is 4.34. The van der Waals surface area contributed by atoms with Crippen molar-refractivity contribution in [2.45, 2.75) is 32.2 Å². The second-order valence-electron chi connectivity index (χ2n) is 4.01. The lowest BCUT2D eigenvalue weighted by Crippen LogP contribution is -2.22. The molecule has 2 aromatic rings. The summed E-state index contributed by atoms with van der Waals surface area (Å²) in [5.41, 5.74) is 2.50. The zero-order valence-corrected chi connectivity index (χ0v) is 11.6. The minimum Gasteiger partial charge on any atom is -0.309 e. The molecule has 0 fully saturated rings. The lowest BCUT2D eigenvalue weighted by Gasteiger charge is -2.15. The lowest BCUT2D eigenvalue weighted by atomic mass is 10.1. The Morgan fingerprint density at radius 1 is 1.47 bits per heavy atom. The summed E-state index contributed by atoms with van der Waals surface area (Å²) in [6.07, 6.45) is 5.21. The third-order valence-corrected chi connectivity index (χ3v) is 3.90. The average Bonchev–Trinajstić information content (AvgIpc) is 3.01. The molecule has 0 amide bonds. The van der Waals surface area contributed by atoms with E-state index >= 15 is 0 Å². The van der Waals surface area contributed by atoms with Crippen molar-refractivity contribution in [3.8, 4) is 0 Å². The fourth-order valence-electron chi connectivity index (χ4n) is 1.74. The van der Waals surface area contributed by atoms with Gasteiger partial charge in [0.05, 0.1) is 29.7 Å². The minimum atomic E-state index is 0.341. The monoisotopic (exact) mass is 267 g/mol. The number of rotatable bonds is 7. The van der Waals surface area contributed by atoms with Crippen molar-refractivity contribution in [2.24, 2.45) is 0 Å². The van der Waals surface area contributed by atoms with Crippen LogP contribution in [-0.4, -0.2) is 15.3 Å². The summed E-state index contributed by atoms with van der Waals surface area (Å²) in [4.78, 5) is 0. The summed E-state index contributed by atoms with van der Waals surface area (Å²) in [6, 6.07) is 2.54. The molecular weight excluding hydrogens is 250 g/mol. The van der Waals surface area contributed by atoms with Gasteiger partial charge in [0.25, 0.3) is 0 Å². The Labute approximate surface area is 110 Å². The molecule has 1 unspecified atom stereocenters. The van der Waals surface area contributed by atoms with Crippen molar-refractivity contribution in [1.29, 1.82) is 0 Å². The molecule has 0 aromatic carbocycles. The number of hydrogen-bond acceptors (Lipinski definition) is 5. The smallest absolute Gasteiger partial charge is 0.0912 e. The highest BCUT2D eigenvalue weighted by Crippen LogP contribution is 2.19. The summed E-state index contributed by atoms with van der Waals surface area (Å²) in [6.45, 7) is 3.22. The highest BCUT2D eigenvalue weighted by molar-refractivity contribution is 7.07. The molecule has 0 spiro atoms. The Morgan fingerprint density at radius 3 is 3.06 bits per heavy atom. The fourth-order valence-corrected chi connectivity index (χ4v) is 2.92. The van der Waals surface area contributed by atoms with Gasteiger partial charge in [-0.1, -0.05) is 6.92 Å². The van der Waals surface area contributed by atoms with E-state index < -0.39 is 0 Å². The molecule has 2 heterocycles. The zero-order valence-electron chi connectivity index (χ0n) is 9.93. The molecule has 2 rings (SSSR count). The predicted octanol–water partition coefficient (Wildman–Crippen LogP) is 3.27. The van der Waals surface area contributed by atoms with E-state index in [9.17, 15) is 0 Å². The van der Waals surface area contributed by atoms with Crippen molar-refractivity contribution in [3.63, 3.8) is 0 Å². The summed E-state index contributed by atoms with van der Waals surface area (Å²) < 4.78 is 8.43. The first-order valence-electron chi connectivity index (χ1n) is 5.92. The van der Waals surface area contributed by atoms with Gasteiger partial charge in [-0.05, 0) is 48.2 Å². The molecule has 0 aliphatic carbocycles. The number of thiophene rings is 1. The molecule has 5 heteroatoms. The molecule has 1 N–H and O–H groups in total. The van der Waals surface area contributed by atoms with Crippen molar-refractivity contribution in [3.05, 3.63) is 34.3 Å². The first kappa shape index (κ1) is 12.7. The van der Waals surface area contributed by atoms with Gasteiger partial charge in [0.15, 0.2) is 0 Å². The van der Waals surface area contributed by atoms with Gasteiger partial charge in [-0.3, -0.25) is 0 Å². The second-order valence-corrected chi connectivity index (χ2v) is 5.35. The van der Waals surface area contributed by atoms with Crippen molar-refractivity contribution < 1.29 is 0 Å². The lowest BCUT2D eigenvalue weighted by molar-refractivity contribution is 0.492. The van der Waals surface area contributed by atoms with Crippen LogP contribution in [0, 0.1) is 0 Å². The maximum absolute atomic E-state index is 4.34. The van der Waals surface area contributed by atoms with Crippen LogP contribution in [0.25, 0.3) is 0 Å². The highest BCUT2D eigenvalue weighted by atomic mass is 32.1. The van der Waals surface area contributed by atoms with Gasteiger partial charge in [-0.25, -0.2) is 0 Å². The topological polar surface area (TPSA) is 37.8 Å². The van der Waals surface area contributed by atoms with E-state index in [4.69, 9.17) is 0 Å². The number of aryl methyl sites for hydroxylation is 1. The average molecular weight is 267 g/mol. The molecule has 17 heavy (non-hydrogen) atoms. The minimum absolute atomic E-state index is 0.341. The molecule has 0 saturated carbocycles. The summed E-state index contributed by atoms with van der Waals surface area (Å²) >= 11 is 3.05. The highest BCUT2D eigenvalue weighted by Gasteiger charge is 2.13. The Kier molecular flexibility index (Phi) is 5.09. The van der Waals surface area contributed by atoms with Gasteiger partial charge in [-0.15, -0.1) is 0 Å². The van der Waals surface area contributed by atoms with Gasteiger partial charge in [-0.2, -0.15) is 20.1 Å². The van der Waals surface area contributed by atoms with Crippen molar-refractivity contribution >= 4 is 23.1 Å². The third-order valence-electron chi connectivity index (χ3n) is 2.68. The normalized spacial score (nSPS) is 12.8. The molecule has 2 aromatic heterocycles. The standard InChI is InChI=1S/C12H17N3S2/c1-2-6-13-11(12-8-14-17-15-12)4-3-10-5-7-16-9-10/h5,7-9,11,13H,2-4,6H2,1H3. The van der Waals surface area contributed by atoms with Crippen LogP contribution >= 0.6 is 23.1 Å². The molecule has 0 saturated heterocycles. The van der Waals surface area contributed by atoms with Crippen molar-refractivity contribution in [2.75, 3.05) is 6.54 Å². The number of nitrogens with zero attached hydrogens (tertiary/aromatic N) is 2. The van der Waals surface area contributed by atoms with Crippen LogP contribution in [-0.2, 0) is 6.42 Å². The first-order chi connectivity index (χ1) is 8.40. The molecule has 0 radical (unpaired) electrons. The second kappa shape index (κ2) is 6.83. The van der Waals surface area contributed by atoms with E-state index in [1.807, 2.05) is 6.20 Å². The van der Waals surface area contributed by atoms with Crippen LogP contribution in [0.2, 0.25) is 0 Å². The Bertz CT molecular complexity index is 397. The quantitative estimate of drug-likeness (QED) is 0.836. The van der Waals surface area contributed by atoms with E-state index in [1.165, 1.54) is 17.3 Å². The summed E-state index contributed by atoms with van der Waals surface area (Å²) in [5, 5.41) is 7.89. The van der Waals surface area contributed by atoms with Crippen LogP contribution in [0.3, 0.4) is 0 Å². The van der Waals surface area contributed by atoms with Gasteiger partial charge >= 0.3 is 0 Å². The molecule has 1 atom stereocenters. The zero-order chi connectivity index (χ0) is 11.9. The first-order valence-corrected chi connectivity index (χ1v) is 7.59. The van der Waals surface area contributed by atoms with E-state index in [0.29, 0.717) is 6.04 Å². The largest absolute Gasteiger partial charge is 0.309 e. The van der Waals surface area contributed by atoms with Gasteiger partial charge < -0.3 is 5.32 Å². The van der Waals surface area contributed by atoms with E-state index in [1.54, 1.807) is 11.3 Å². The van der Waals surface area contributed by atoms with E-state index in [2.05, 4.69) is 37.8 Å². The van der Waals surface area contributed by atoms with Gasteiger partial charge in [0.2, 0.25) is 0 Å². The van der Waals surface area contributed by atoms with Gasteiger partial charge in [0.1, 0.15) is 0 Å². The fraction of sp³-hybridized carbons (Fsp3) is 0.500. The maximum Gasteiger partial charge on any atom is 0.0912 e. The SMILES string of the molecule is CCCNC(CCc1ccsc1)c1cnsn1. The molecule has 92 valence electrons. The van der Waals surface area contributed by atoms with Crippen LogP contribution < -0.4 is 5.32 Å². The molecule has 0 aliphatic heterocycles. The Morgan fingerprint density at radius 2 is 2.41 bits per heavy atom. The van der Waals surface area contributed by atoms with Crippen LogP contribution in [0.1, 0.15) is 37.1 Å². The van der Waals surface area contributed by atoms with Crippen LogP contribution in [0.5, 0.6) is 0 Å². The van der Waals surface area contributed by atoms with Crippen LogP contribution in [0.15, 0.2) is 23.0 Å². The van der Waals surface area contributed by atoms with Crippen LogP contribution in [0.4, 0.5) is 0 Å².